The van der Waals surface area contributed by atoms with Crippen LogP contribution < -0.4 is 15.9 Å². The fraction of sp³-hybridized carbons (Fsp3) is 0.185. The second-order valence-corrected chi connectivity index (χ2v) is 8.23. The summed E-state index contributed by atoms with van der Waals surface area (Å²) in [7, 11) is 0. The molecule has 0 radical (unpaired) electrons. The molecule has 0 spiro atoms. The first-order chi connectivity index (χ1) is 17.2. The molecule has 35 heavy (non-hydrogen) atoms. The third-order valence-electron chi connectivity index (χ3n) is 5.91. The molecule has 5 rings (SSSR count). The van der Waals surface area contributed by atoms with Gasteiger partial charge in [0.2, 0.25) is 0 Å². The largest absolute Gasteiger partial charge is 0.378 e. The number of nitrogens with one attached hydrogen (secondary N) is 1. The van der Waals surface area contributed by atoms with Gasteiger partial charge in [0.25, 0.3) is 11.5 Å². The number of benzene rings is 3. The van der Waals surface area contributed by atoms with Crippen molar-refractivity contribution in [2.24, 2.45) is 5.10 Å². The summed E-state index contributed by atoms with van der Waals surface area (Å²) in [5.74, 6) is -0.482. The van der Waals surface area contributed by atoms with E-state index in [0.717, 1.165) is 43.1 Å². The van der Waals surface area contributed by atoms with Crippen LogP contribution in [0.3, 0.4) is 0 Å². The topological polar surface area (TPSA) is 88.8 Å². The fourth-order valence-electron chi connectivity index (χ4n) is 4.08. The van der Waals surface area contributed by atoms with Gasteiger partial charge in [0, 0.05) is 24.2 Å². The van der Waals surface area contributed by atoms with E-state index in [1.807, 2.05) is 54.6 Å². The van der Waals surface area contributed by atoms with Gasteiger partial charge in [0.1, 0.15) is 0 Å². The van der Waals surface area contributed by atoms with Crippen LogP contribution >= 0.6 is 0 Å². The molecule has 1 saturated heterocycles. The van der Waals surface area contributed by atoms with E-state index >= 15 is 0 Å². The highest BCUT2D eigenvalue weighted by Gasteiger charge is 2.16. The monoisotopic (exact) mass is 467 g/mol. The van der Waals surface area contributed by atoms with Gasteiger partial charge in [0.05, 0.1) is 31.4 Å². The van der Waals surface area contributed by atoms with Gasteiger partial charge in [-0.3, -0.25) is 9.59 Å². The van der Waals surface area contributed by atoms with Crippen molar-refractivity contribution in [3.05, 3.63) is 106 Å². The second kappa shape index (κ2) is 10.3. The molecule has 8 nitrogen and oxygen atoms in total. The zero-order valence-electron chi connectivity index (χ0n) is 19.1. The minimum atomic E-state index is -0.482. The number of morpholine rings is 1. The lowest BCUT2D eigenvalue weighted by Crippen LogP contribution is -2.36. The molecule has 1 amide bonds. The van der Waals surface area contributed by atoms with Gasteiger partial charge < -0.3 is 9.64 Å². The summed E-state index contributed by atoms with van der Waals surface area (Å²) in [4.78, 5) is 28.3. The molecule has 0 saturated carbocycles. The highest BCUT2D eigenvalue weighted by atomic mass is 16.5. The lowest BCUT2D eigenvalue weighted by molar-refractivity contribution is 0.0949. The number of fused-ring (bicyclic) bond motifs is 1. The highest BCUT2D eigenvalue weighted by Crippen LogP contribution is 2.16. The van der Waals surface area contributed by atoms with Gasteiger partial charge in [-0.25, -0.2) is 10.1 Å². The molecule has 1 N–H and O–H groups in total. The van der Waals surface area contributed by atoms with Crippen molar-refractivity contribution in [3.63, 3.8) is 0 Å². The van der Waals surface area contributed by atoms with E-state index in [1.54, 1.807) is 30.5 Å². The number of hydrogen-bond donors (Lipinski definition) is 1. The number of carbonyl (C=O) groups is 1. The lowest BCUT2D eigenvalue weighted by atomic mass is 10.1. The number of hydrazone groups is 1. The zero-order valence-corrected chi connectivity index (χ0v) is 19.1. The van der Waals surface area contributed by atoms with Crippen LogP contribution in [0.1, 0.15) is 21.6 Å². The summed E-state index contributed by atoms with van der Waals surface area (Å²) in [6, 6.07) is 24.5. The van der Waals surface area contributed by atoms with Crippen LogP contribution in [-0.2, 0) is 11.3 Å². The predicted molar refractivity (Wildman–Crippen MR) is 136 cm³/mol. The van der Waals surface area contributed by atoms with E-state index < -0.39 is 5.91 Å². The first kappa shape index (κ1) is 22.5. The normalized spacial score (nSPS) is 13.9. The molecule has 0 aliphatic carbocycles. The van der Waals surface area contributed by atoms with Crippen molar-refractivity contribution in [2.45, 2.75) is 6.54 Å². The number of anilines is 1. The minimum Gasteiger partial charge on any atom is -0.378 e. The fourth-order valence-corrected chi connectivity index (χ4v) is 4.08. The maximum Gasteiger partial charge on any atom is 0.292 e. The molecule has 1 aromatic heterocycles. The summed E-state index contributed by atoms with van der Waals surface area (Å²) in [5, 5.41) is 9.43. The molecule has 1 aliphatic heterocycles. The molecule has 3 aromatic carbocycles. The smallest absolute Gasteiger partial charge is 0.292 e. The third kappa shape index (κ3) is 5.12. The quantitative estimate of drug-likeness (QED) is 0.348. The Balaban J connectivity index is 1.35. The van der Waals surface area contributed by atoms with Crippen molar-refractivity contribution in [1.82, 2.24) is 15.2 Å². The first-order valence-electron chi connectivity index (χ1n) is 11.5. The maximum atomic E-state index is 13.0. The summed E-state index contributed by atoms with van der Waals surface area (Å²) in [6.07, 6.45) is 1.59. The number of ether oxygens (including phenoxy) is 1. The Morgan fingerprint density at radius 1 is 0.943 bits per heavy atom. The van der Waals surface area contributed by atoms with Crippen LogP contribution in [0.5, 0.6) is 0 Å². The van der Waals surface area contributed by atoms with Crippen molar-refractivity contribution in [2.75, 3.05) is 31.2 Å². The summed E-state index contributed by atoms with van der Waals surface area (Å²) >= 11 is 0. The van der Waals surface area contributed by atoms with Crippen molar-refractivity contribution in [1.29, 1.82) is 0 Å². The average Bonchev–Trinajstić information content (AvgIpc) is 2.92. The first-order valence-corrected chi connectivity index (χ1v) is 11.5. The van der Waals surface area contributed by atoms with Crippen LogP contribution in [0, 0.1) is 0 Å². The molecule has 0 atom stereocenters. The Morgan fingerprint density at radius 3 is 2.37 bits per heavy atom. The van der Waals surface area contributed by atoms with Crippen LogP contribution in [0.2, 0.25) is 0 Å². The summed E-state index contributed by atoms with van der Waals surface area (Å²) < 4.78 is 6.72. The van der Waals surface area contributed by atoms with Crippen LogP contribution in [0.15, 0.2) is 88.8 Å². The van der Waals surface area contributed by atoms with Gasteiger partial charge in [0.15, 0.2) is 5.69 Å². The molecule has 176 valence electrons. The minimum absolute atomic E-state index is 0.149. The van der Waals surface area contributed by atoms with E-state index in [2.05, 4.69) is 20.5 Å². The molecule has 8 heteroatoms. The third-order valence-corrected chi connectivity index (χ3v) is 5.91. The van der Waals surface area contributed by atoms with Gasteiger partial charge in [-0.05, 0) is 29.3 Å². The molecule has 4 aromatic rings. The van der Waals surface area contributed by atoms with Crippen molar-refractivity contribution < 1.29 is 9.53 Å². The average molecular weight is 468 g/mol. The molecular formula is C27H25N5O3. The molecule has 0 unspecified atom stereocenters. The lowest BCUT2D eigenvalue weighted by Gasteiger charge is -2.28. The number of amides is 1. The second-order valence-electron chi connectivity index (χ2n) is 8.23. The number of hydrogen-bond acceptors (Lipinski definition) is 6. The molecular weight excluding hydrogens is 442 g/mol. The van der Waals surface area contributed by atoms with Crippen LogP contribution in [-0.4, -0.2) is 48.2 Å². The number of nitrogens with zero attached hydrogens (tertiary/aromatic N) is 4. The SMILES string of the molecule is O=C(N/N=C\c1ccc(N2CCOCC2)cc1)c1nn(Cc2ccccc2)c(=O)c2ccccc12. The Kier molecular flexibility index (Phi) is 6.63. The summed E-state index contributed by atoms with van der Waals surface area (Å²) in [6.45, 7) is 3.48. The van der Waals surface area contributed by atoms with E-state index in [0.29, 0.717) is 10.8 Å². The Hall–Kier alpha value is -4.30. The van der Waals surface area contributed by atoms with E-state index in [-0.39, 0.29) is 17.8 Å². The van der Waals surface area contributed by atoms with E-state index in [9.17, 15) is 9.59 Å². The molecule has 2 heterocycles. The molecule has 0 bridgehead atoms. The molecule has 1 fully saturated rings. The van der Waals surface area contributed by atoms with Crippen LogP contribution in [0.4, 0.5) is 5.69 Å². The predicted octanol–water partition coefficient (Wildman–Crippen LogP) is 3.05. The van der Waals surface area contributed by atoms with E-state index in [1.165, 1.54) is 4.68 Å². The van der Waals surface area contributed by atoms with Gasteiger partial charge in [-0.1, -0.05) is 60.7 Å². The number of carbonyl (C=O) groups excluding carboxylic acids is 1. The van der Waals surface area contributed by atoms with Crippen molar-refractivity contribution in [3.8, 4) is 0 Å². The summed E-state index contributed by atoms with van der Waals surface area (Å²) in [5.41, 5.74) is 5.36. The van der Waals surface area contributed by atoms with Gasteiger partial charge in [-0.15, -0.1) is 0 Å². The van der Waals surface area contributed by atoms with Gasteiger partial charge >= 0.3 is 0 Å². The number of aromatic nitrogens is 2. The van der Waals surface area contributed by atoms with Crippen LogP contribution in [0.25, 0.3) is 10.8 Å². The molecule has 1 aliphatic rings. The highest BCUT2D eigenvalue weighted by molar-refractivity contribution is 6.05. The van der Waals surface area contributed by atoms with E-state index in [4.69, 9.17) is 4.74 Å². The standard InChI is InChI=1S/C27H25N5O3/c33-26(29-28-18-20-10-12-22(13-11-20)31-14-16-35-17-15-31)25-23-8-4-5-9-24(23)27(34)32(30-25)19-21-6-2-1-3-7-21/h1-13,18H,14-17,19H2,(H,29,33)/b28-18-. The Bertz CT molecular complexity index is 1410. The van der Waals surface area contributed by atoms with Crippen molar-refractivity contribution >= 4 is 28.6 Å². The Morgan fingerprint density at radius 2 is 1.63 bits per heavy atom. The number of rotatable bonds is 6. The van der Waals surface area contributed by atoms with Gasteiger partial charge in [-0.2, -0.15) is 10.2 Å². The maximum absolute atomic E-state index is 13.0. The Labute approximate surface area is 202 Å². The zero-order chi connectivity index (χ0) is 24.0.